The molecule has 208 valence electrons. The zero-order valence-electron chi connectivity index (χ0n) is 20.8. The van der Waals surface area contributed by atoms with Gasteiger partial charge in [0.25, 0.3) is 0 Å². The van der Waals surface area contributed by atoms with Gasteiger partial charge in [0.1, 0.15) is 53.0 Å². The van der Waals surface area contributed by atoms with Crippen molar-refractivity contribution >= 4 is 5.78 Å². The molecule has 12 nitrogen and oxygen atoms in total. The summed E-state index contributed by atoms with van der Waals surface area (Å²) in [5.41, 5.74) is -1.07. The largest absolute Gasteiger partial charge is 0.508 e. The number of phenols is 2. The van der Waals surface area contributed by atoms with Gasteiger partial charge >= 0.3 is 0 Å². The summed E-state index contributed by atoms with van der Waals surface area (Å²) in [7, 11) is 0. The molecule has 2 heterocycles. The molecule has 2 aliphatic rings. The summed E-state index contributed by atoms with van der Waals surface area (Å²) in [6.45, 7) is 2.40. The highest BCUT2D eigenvalue weighted by atomic mass is 16.7. The monoisotopic (exact) mass is 536 g/mol. The second-order valence-electron chi connectivity index (χ2n) is 10.1. The summed E-state index contributed by atoms with van der Waals surface area (Å²) in [4.78, 5) is 13.2. The van der Waals surface area contributed by atoms with E-state index >= 15 is 0 Å². The van der Waals surface area contributed by atoms with Crippen LogP contribution in [-0.4, -0.2) is 95.7 Å². The Hall–Kier alpha value is -2.97. The van der Waals surface area contributed by atoms with Gasteiger partial charge in [0.05, 0.1) is 12.2 Å². The summed E-state index contributed by atoms with van der Waals surface area (Å²) in [5.74, 6) is -1.70. The normalized spacial score (nSPS) is 29.5. The van der Waals surface area contributed by atoms with E-state index in [4.69, 9.17) is 14.2 Å². The molecule has 0 aliphatic carbocycles. The van der Waals surface area contributed by atoms with E-state index in [9.17, 15) is 45.6 Å². The highest BCUT2D eigenvalue weighted by Gasteiger charge is 2.46. The van der Waals surface area contributed by atoms with Crippen LogP contribution in [0.3, 0.4) is 0 Å². The lowest BCUT2D eigenvalue weighted by molar-refractivity contribution is -0.277. The molecule has 2 aromatic rings. The molecule has 8 N–H and O–H groups in total. The number of carbonyl (C=O) groups excluding carboxylic acids is 1. The number of ketones is 1. The highest BCUT2D eigenvalue weighted by molar-refractivity contribution is 6.06. The Morgan fingerprint density at radius 2 is 1.66 bits per heavy atom. The van der Waals surface area contributed by atoms with Gasteiger partial charge in [0.2, 0.25) is 12.1 Å². The highest BCUT2D eigenvalue weighted by Crippen LogP contribution is 2.46. The van der Waals surface area contributed by atoms with E-state index in [0.717, 1.165) is 0 Å². The molecule has 38 heavy (non-hydrogen) atoms. The number of carbonyl (C=O) groups is 1. The molecule has 4 rings (SSSR count). The van der Waals surface area contributed by atoms with Crippen molar-refractivity contribution in [2.75, 3.05) is 6.61 Å². The van der Waals surface area contributed by atoms with Crippen molar-refractivity contribution in [1.29, 1.82) is 0 Å². The predicted molar refractivity (Wildman–Crippen MR) is 129 cm³/mol. The number of Topliss-reactive ketones (excluding diaryl/α,β-unsaturated/α-hetero) is 1. The maximum Gasteiger partial charge on any atom is 0.229 e. The van der Waals surface area contributed by atoms with Gasteiger partial charge in [-0.25, -0.2) is 0 Å². The lowest BCUT2D eigenvalue weighted by atomic mass is 9.89. The first-order valence-corrected chi connectivity index (χ1v) is 12.1. The minimum absolute atomic E-state index is 0.0138. The number of ether oxygens (including phenoxy) is 3. The van der Waals surface area contributed by atoms with Gasteiger partial charge < -0.3 is 55.1 Å². The van der Waals surface area contributed by atoms with E-state index in [1.807, 2.05) is 0 Å². The van der Waals surface area contributed by atoms with Gasteiger partial charge in [-0.1, -0.05) is 12.1 Å². The van der Waals surface area contributed by atoms with E-state index < -0.39 is 66.7 Å². The first-order valence-electron chi connectivity index (χ1n) is 12.1. The van der Waals surface area contributed by atoms with E-state index in [0.29, 0.717) is 5.56 Å². The summed E-state index contributed by atoms with van der Waals surface area (Å²) >= 11 is 0. The topological polar surface area (TPSA) is 207 Å². The van der Waals surface area contributed by atoms with Gasteiger partial charge in [-0.15, -0.1) is 0 Å². The van der Waals surface area contributed by atoms with Crippen LogP contribution in [0.4, 0.5) is 0 Å². The van der Waals surface area contributed by atoms with Crippen molar-refractivity contribution in [3.8, 4) is 23.0 Å². The number of benzene rings is 2. The molecule has 0 bridgehead atoms. The van der Waals surface area contributed by atoms with Crippen LogP contribution >= 0.6 is 0 Å². The van der Waals surface area contributed by atoms with Crippen molar-refractivity contribution in [1.82, 2.24) is 0 Å². The molecule has 0 aromatic heterocycles. The Bertz CT molecular complexity index is 1160. The van der Waals surface area contributed by atoms with E-state index in [1.165, 1.54) is 30.3 Å². The van der Waals surface area contributed by atoms with Gasteiger partial charge in [-0.2, -0.15) is 0 Å². The number of rotatable bonds is 7. The Labute approximate surface area is 217 Å². The SMILES string of the molecule is CC(C)(O)CCc1c(O[C@H]2O[C@@H](CO)[C@H](O)[C@H](O)[C@@H]2O)cc2c(c1O)C(=O)[C@@H](O)[C@H](c1ccc(O)cc1)O2. The fraction of sp³-hybridized carbons (Fsp3) is 0.500. The van der Waals surface area contributed by atoms with Gasteiger partial charge in [-0.3, -0.25) is 4.79 Å². The molecule has 7 atom stereocenters. The second kappa shape index (κ2) is 10.7. The third kappa shape index (κ3) is 5.43. The standard InChI is InChI=1S/C26H32O12/c1-26(2,35)8-7-13-14(37-25-23(34)21(32)19(30)16(10-27)38-25)9-15-17(18(13)29)20(31)22(33)24(36-15)11-3-5-12(28)6-4-11/h3-6,9,16,19,21-25,27-30,32-35H,7-8,10H2,1-2H3/t16-,19-,21-,22+,23-,24-,25-/m0/s1. The summed E-state index contributed by atoms with van der Waals surface area (Å²) in [6.07, 6.45) is -10.7. The van der Waals surface area contributed by atoms with Crippen LogP contribution < -0.4 is 9.47 Å². The van der Waals surface area contributed by atoms with Crippen molar-refractivity contribution in [3.63, 3.8) is 0 Å². The molecule has 0 amide bonds. The minimum Gasteiger partial charge on any atom is -0.508 e. The van der Waals surface area contributed by atoms with E-state index in [2.05, 4.69) is 0 Å². The maximum absolute atomic E-state index is 13.2. The Morgan fingerprint density at radius 1 is 1.00 bits per heavy atom. The summed E-state index contributed by atoms with van der Waals surface area (Å²) in [6, 6.07) is 6.90. The minimum atomic E-state index is -1.75. The Kier molecular flexibility index (Phi) is 7.86. The zero-order chi connectivity index (χ0) is 27.9. The summed E-state index contributed by atoms with van der Waals surface area (Å²) < 4.78 is 17.1. The number of aliphatic hydroxyl groups is 6. The van der Waals surface area contributed by atoms with Crippen molar-refractivity contribution in [3.05, 3.63) is 47.0 Å². The predicted octanol–water partition coefficient (Wildman–Crippen LogP) is -0.343. The average molecular weight is 537 g/mol. The molecule has 2 aliphatic heterocycles. The quantitative estimate of drug-likeness (QED) is 0.229. The van der Waals surface area contributed by atoms with Gasteiger partial charge in [-0.05, 0) is 44.4 Å². The average Bonchev–Trinajstić information content (AvgIpc) is 2.86. The first-order chi connectivity index (χ1) is 17.8. The zero-order valence-corrected chi connectivity index (χ0v) is 20.8. The second-order valence-corrected chi connectivity index (χ2v) is 10.1. The van der Waals surface area contributed by atoms with Crippen molar-refractivity contribution in [2.24, 2.45) is 0 Å². The number of aliphatic hydroxyl groups excluding tert-OH is 5. The fourth-order valence-electron chi connectivity index (χ4n) is 4.46. The number of phenolic OH excluding ortho intramolecular Hbond substituents is 2. The third-order valence-electron chi connectivity index (χ3n) is 6.68. The molecule has 2 aromatic carbocycles. The summed E-state index contributed by atoms with van der Waals surface area (Å²) in [5, 5.41) is 81.8. The lowest BCUT2D eigenvalue weighted by Crippen LogP contribution is -2.60. The number of hydrogen-bond acceptors (Lipinski definition) is 12. The number of fused-ring (bicyclic) bond motifs is 1. The van der Waals surface area contributed by atoms with E-state index in [1.54, 1.807) is 13.8 Å². The third-order valence-corrected chi connectivity index (χ3v) is 6.68. The lowest BCUT2D eigenvalue weighted by Gasteiger charge is -2.40. The van der Waals surface area contributed by atoms with Crippen LogP contribution in [0, 0.1) is 0 Å². The fourth-order valence-corrected chi connectivity index (χ4v) is 4.46. The molecule has 1 fully saturated rings. The van der Waals surface area contributed by atoms with Crippen molar-refractivity contribution < 1.29 is 59.9 Å². The smallest absolute Gasteiger partial charge is 0.229 e. The molecule has 0 radical (unpaired) electrons. The molecular weight excluding hydrogens is 504 g/mol. The van der Waals surface area contributed by atoms with Crippen molar-refractivity contribution in [2.45, 2.75) is 75.2 Å². The Balaban J connectivity index is 1.76. The van der Waals surface area contributed by atoms with Crippen LogP contribution in [0.2, 0.25) is 0 Å². The van der Waals surface area contributed by atoms with Gasteiger partial charge in [0, 0.05) is 11.6 Å². The van der Waals surface area contributed by atoms with Crippen LogP contribution in [0.1, 0.15) is 47.9 Å². The number of hydrogen-bond donors (Lipinski definition) is 8. The van der Waals surface area contributed by atoms with Crippen LogP contribution in [0.5, 0.6) is 23.0 Å². The van der Waals surface area contributed by atoms with Gasteiger partial charge in [0.15, 0.2) is 12.2 Å². The maximum atomic E-state index is 13.2. The van der Waals surface area contributed by atoms with E-state index in [-0.39, 0.29) is 41.2 Å². The molecule has 0 spiro atoms. The molecule has 12 heteroatoms. The first kappa shape index (κ1) is 28.0. The molecule has 1 saturated heterocycles. The number of aromatic hydroxyl groups is 2. The van der Waals surface area contributed by atoms with Crippen LogP contribution in [0.25, 0.3) is 0 Å². The van der Waals surface area contributed by atoms with Crippen LogP contribution in [0.15, 0.2) is 30.3 Å². The molecule has 0 unspecified atom stereocenters. The van der Waals surface area contributed by atoms with Crippen LogP contribution in [-0.2, 0) is 11.2 Å². The molecular formula is C26H32O12. The molecule has 0 saturated carbocycles. The Morgan fingerprint density at radius 3 is 2.26 bits per heavy atom.